The van der Waals surface area contributed by atoms with Crippen molar-refractivity contribution in [3.05, 3.63) is 0 Å². The molecule has 0 aliphatic heterocycles. The van der Waals surface area contributed by atoms with Crippen LogP contribution in [0.4, 0.5) is 8.78 Å². The van der Waals surface area contributed by atoms with Gasteiger partial charge in [0, 0.05) is 11.8 Å². The number of alkyl halides is 2. The molecule has 12 heteroatoms. The highest BCUT2D eigenvalue weighted by Gasteiger charge is 2.62. The van der Waals surface area contributed by atoms with Crippen LogP contribution in [-0.2, 0) is 38.7 Å². The molecule has 8 bridgehead atoms. The van der Waals surface area contributed by atoms with Crippen LogP contribution in [0.2, 0.25) is 0 Å². The SMILES string of the molecule is O=C(COC(=O)C(F)(F)S(=O)(=O)O)OC1(COC(=O)C23CC4CC(CC(C4)C2)C3)C2CC3CC(C2)CC1C3. The number of halogens is 2. The normalized spacial score (nSPS) is 42.7. The van der Waals surface area contributed by atoms with Crippen LogP contribution in [-0.4, -0.2) is 54.9 Å². The molecule has 0 aromatic rings. The quantitative estimate of drug-likeness (QED) is 0.269. The van der Waals surface area contributed by atoms with Gasteiger partial charge in [0.1, 0.15) is 6.61 Å². The van der Waals surface area contributed by atoms with Crippen molar-refractivity contribution in [2.45, 2.75) is 81.5 Å². The maximum atomic E-state index is 13.6. The first-order chi connectivity index (χ1) is 17.8. The number of hydrogen-bond donors (Lipinski definition) is 1. The zero-order valence-corrected chi connectivity index (χ0v) is 21.9. The topological polar surface area (TPSA) is 133 Å². The summed E-state index contributed by atoms with van der Waals surface area (Å²) in [6.07, 6.45) is 10.4. The van der Waals surface area contributed by atoms with Gasteiger partial charge in [0.25, 0.3) is 0 Å². The summed E-state index contributed by atoms with van der Waals surface area (Å²) in [5, 5.41) is -5.21. The smallest absolute Gasteiger partial charge is 0.461 e. The number of rotatable bonds is 8. The Morgan fingerprint density at radius 3 is 1.74 bits per heavy atom. The van der Waals surface area contributed by atoms with Gasteiger partial charge >= 0.3 is 33.3 Å². The zero-order chi connectivity index (χ0) is 27.1. The molecule has 0 amide bonds. The number of ether oxygens (including phenoxy) is 3. The standard InChI is InChI=1S/C26H34F2O9S/c27-26(28,38(32,33)34)23(31)35-12-21(29)37-25(19-5-14-1-15(7-19)8-20(25)6-14)13-36-22(30)24-9-16-2-17(10-24)4-18(3-16)11-24/h14-20H,1-13H2,(H,32,33,34). The summed E-state index contributed by atoms with van der Waals surface area (Å²) >= 11 is 0. The third-order valence-corrected chi connectivity index (χ3v) is 11.4. The molecule has 0 aromatic carbocycles. The maximum absolute atomic E-state index is 13.6. The van der Waals surface area contributed by atoms with E-state index in [9.17, 15) is 31.6 Å². The summed E-state index contributed by atoms with van der Waals surface area (Å²) < 4.78 is 73.4. The minimum atomic E-state index is -6.06. The predicted octanol–water partition coefficient (Wildman–Crippen LogP) is 3.51. The largest absolute Gasteiger partial charge is 0.465 e. The average molecular weight is 561 g/mol. The van der Waals surface area contributed by atoms with Crippen molar-refractivity contribution in [3.63, 3.8) is 0 Å². The Balaban J connectivity index is 1.16. The van der Waals surface area contributed by atoms with E-state index >= 15 is 0 Å². The molecule has 0 spiro atoms. The van der Waals surface area contributed by atoms with E-state index in [0.717, 1.165) is 51.4 Å². The van der Waals surface area contributed by atoms with Crippen molar-refractivity contribution in [3.8, 4) is 0 Å². The van der Waals surface area contributed by atoms with E-state index in [1.165, 1.54) is 19.3 Å². The first-order valence-corrected chi connectivity index (χ1v) is 15.1. The fourth-order valence-corrected chi connectivity index (χ4v) is 9.93. The predicted molar refractivity (Wildman–Crippen MR) is 125 cm³/mol. The highest BCUT2D eigenvalue weighted by atomic mass is 32.2. The van der Waals surface area contributed by atoms with Gasteiger partial charge < -0.3 is 14.2 Å². The van der Waals surface area contributed by atoms with Crippen LogP contribution in [0.25, 0.3) is 0 Å². The van der Waals surface area contributed by atoms with Crippen molar-refractivity contribution in [1.82, 2.24) is 0 Å². The Hall–Kier alpha value is -1.82. The zero-order valence-electron chi connectivity index (χ0n) is 21.1. The lowest BCUT2D eigenvalue weighted by atomic mass is 9.49. The molecule has 0 unspecified atom stereocenters. The first-order valence-electron chi connectivity index (χ1n) is 13.7. The summed E-state index contributed by atoms with van der Waals surface area (Å²) in [4.78, 5) is 37.9. The van der Waals surface area contributed by atoms with E-state index in [4.69, 9.17) is 14.0 Å². The Morgan fingerprint density at radius 1 is 0.789 bits per heavy atom. The van der Waals surface area contributed by atoms with Crippen LogP contribution in [0.5, 0.6) is 0 Å². The van der Waals surface area contributed by atoms with E-state index < -0.39 is 44.9 Å². The maximum Gasteiger partial charge on any atom is 0.465 e. The van der Waals surface area contributed by atoms with Crippen LogP contribution < -0.4 is 0 Å². The van der Waals surface area contributed by atoms with Gasteiger partial charge in [-0.15, -0.1) is 0 Å². The van der Waals surface area contributed by atoms with Gasteiger partial charge in [-0.3, -0.25) is 9.35 Å². The average Bonchev–Trinajstić information content (AvgIpc) is 2.81. The molecule has 212 valence electrons. The lowest BCUT2D eigenvalue weighted by Crippen LogP contribution is -2.63. The van der Waals surface area contributed by atoms with Gasteiger partial charge in [-0.05, 0) is 100 Å². The number of carbonyl (C=O) groups is 3. The molecule has 0 radical (unpaired) electrons. The molecule has 0 heterocycles. The highest BCUT2D eigenvalue weighted by molar-refractivity contribution is 7.87. The number of esters is 3. The van der Waals surface area contributed by atoms with Gasteiger partial charge in [-0.25, -0.2) is 9.59 Å². The van der Waals surface area contributed by atoms with Crippen molar-refractivity contribution in [1.29, 1.82) is 0 Å². The van der Waals surface area contributed by atoms with Crippen LogP contribution in [0, 0.1) is 46.8 Å². The van der Waals surface area contributed by atoms with E-state index in [-0.39, 0.29) is 24.4 Å². The molecule has 9 nitrogen and oxygen atoms in total. The lowest BCUT2D eigenvalue weighted by molar-refractivity contribution is -0.233. The molecule has 0 aromatic heterocycles. The molecule has 8 aliphatic rings. The van der Waals surface area contributed by atoms with Crippen LogP contribution in [0.15, 0.2) is 0 Å². The van der Waals surface area contributed by atoms with Crippen molar-refractivity contribution >= 4 is 28.0 Å². The van der Waals surface area contributed by atoms with Crippen LogP contribution >= 0.6 is 0 Å². The van der Waals surface area contributed by atoms with E-state index in [0.29, 0.717) is 29.6 Å². The van der Waals surface area contributed by atoms with Crippen LogP contribution in [0.3, 0.4) is 0 Å². The van der Waals surface area contributed by atoms with Gasteiger partial charge in [0.2, 0.25) is 0 Å². The molecule has 0 saturated heterocycles. The van der Waals surface area contributed by atoms with Crippen molar-refractivity contribution in [2.24, 2.45) is 46.8 Å². The second-order valence-corrected chi connectivity index (χ2v) is 14.5. The molecule has 8 aliphatic carbocycles. The molecule has 38 heavy (non-hydrogen) atoms. The second kappa shape index (κ2) is 8.84. The monoisotopic (exact) mass is 560 g/mol. The Labute approximate surface area is 220 Å². The molecular weight excluding hydrogens is 526 g/mol. The molecule has 1 N–H and O–H groups in total. The van der Waals surface area contributed by atoms with Gasteiger partial charge in [-0.1, -0.05) is 0 Å². The highest BCUT2D eigenvalue weighted by Crippen LogP contribution is 2.62. The molecule has 8 saturated carbocycles. The summed E-state index contributed by atoms with van der Waals surface area (Å²) in [5.41, 5.74) is -1.62. The Kier molecular flexibility index (Phi) is 6.14. The van der Waals surface area contributed by atoms with Crippen molar-refractivity contribution in [2.75, 3.05) is 13.2 Å². The van der Waals surface area contributed by atoms with Gasteiger partial charge in [-0.2, -0.15) is 17.2 Å². The summed E-state index contributed by atoms with van der Waals surface area (Å²) in [7, 11) is -6.06. The first kappa shape index (κ1) is 26.4. The lowest BCUT2D eigenvalue weighted by Gasteiger charge is -2.60. The minimum Gasteiger partial charge on any atom is -0.461 e. The summed E-state index contributed by atoms with van der Waals surface area (Å²) in [6.45, 7) is -1.37. The second-order valence-electron chi connectivity index (χ2n) is 13.1. The number of hydrogen-bond acceptors (Lipinski definition) is 8. The Morgan fingerprint density at radius 2 is 1.26 bits per heavy atom. The third kappa shape index (κ3) is 4.24. The Bertz CT molecular complexity index is 1070. The fraction of sp³-hybridized carbons (Fsp3) is 0.885. The van der Waals surface area contributed by atoms with Gasteiger partial charge in [0.05, 0.1) is 5.41 Å². The molecular formula is C26H34F2O9S. The molecule has 0 atom stereocenters. The summed E-state index contributed by atoms with van der Waals surface area (Å²) in [6, 6.07) is 0. The van der Waals surface area contributed by atoms with E-state index in [2.05, 4.69) is 4.74 Å². The van der Waals surface area contributed by atoms with E-state index in [1.54, 1.807) is 0 Å². The van der Waals surface area contributed by atoms with E-state index in [1.807, 2.05) is 0 Å². The third-order valence-electron chi connectivity index (χ3n) is 10.6. The molecule has 8 rings (SSSR count). The fourth-order valence-electron chi connectivity index (χ4n) is 9.66. The minimum absolute atomic E-state index is 0.0678. The number of carbonyl (C=O) groups excluding carboxylic acids is 3. The molecule has 8 fully saturated rings. The van der Waals surface area contributed by atoms with Crippen LogP contribution in [0.1, 0.15) is 70.6 Å². The summed E-state index contributed by atoms with van der Waals surface area (Å²) in [5.74, 6) is -1.41. The van der Waals surface area contributed by atoms with Crippen molar-refractivity contribution < 1.29 is 50.3 Å². The van der Waals surface area contributed by atoms with Gasteiger partial charge in [0.15, 0.2) is 12.2 Å².